The first-order valence-electron chi connectivity index (χ1n) is 8.27. The lowest BCUT2D eigenvalue weighted by Crippen LogP contribution is -2.44. The molecule has 1 saturated heterocycles. The molecular formula is C16H30N2O. The van der Waals surface area contributed by atoms with Crippen LogP contribution in [0.5, 0.6) is 0 Å². The van der Waals surface area contributed by atoms with E-state index in [1.807, 2.05) is 0 Å². The molecule has 0 aromatic carbocycles. The average molecular weight is 266 g/mol. The van der Waals surface area contributed by atoms with Crippen molar-refractivity contribution in [2.24, 2.45) is 11.8 Å². The molecule has 0 radical (unpaired) electrons. The Morgan fingerprint density at radius 3 is 2.89 bits per heavy atom. The summed E-state index contributed by atoms with van der Waals surface area (Å²) in [5, 5.41) is 6.51. The third-order valence-corrected chi connectivity index (χ3v) is 4.77. The molecule has 1 heterocycles. The predicted octanol–water partition coefficient (Wildman–Crippen LogP) is 2.85. The van der Waals surface area contributed by atoms with Gasteiger partial charge in [0.1, 0.15) is 0 Å². The Morgan fingerprint density at radius 1 is 1.16 bits per heavy atom. The zero-order chi connectivity index (χ0) is 13.5. The van der Waals surface area contributed by atoms with E-state index in [0.717, 1.165) is 31.3 Å². The Bertz CT molecular complexity index is 272. The number of carbonyl (C=O) groups excluding carboxylic acids is 1. The SMILES string of the molecule is CC1CCCC(CCNC(=O)C2CCCCCN2)C1. The lowest BCUT2D eigenvalue weighted by molar-refractivity contribution is -0.123. The van der Waals surface area contributed by atoms with Gasteiger partial charge in [-0.05, 0) is 44.1 Å². The molecule has 19 heavy (non-hydrogen) atoms. The molecule has 1 saturated carbocycles. The van der Waals surface area contributed by atoms with Gasteiger partial charge in [0.2, 0.25) is 5.91 Å². The first kappa shape index (κ1) is 14.8. The molecule has 3 nitrogen and oxygen atoms in total. The minimum atomic E-state index is 0.0628. The summed E-state index contributed by atoms with van der Waals surface area (Å²) >= 11 is 0. The van der Waals surface area contributed by atoms with Crippen LogP contribution < -0.4 is 10.6 Å². The summed E-state index contributed by atoms with van der Waals surface area (Å²) in [7, 11) is 0. The van der Waals surface area contributed by atoms with E-state index < -0.39 is 0 Å². The van der Waals surface area contributed by atoms with Crippen molar-refractivity contribution in [1.29, 1.82) is 0 Å². The van der Waals surface area contributed by atoms with Crippen LogP contribution in [0.2, 0.25) is 0 Å². The fraction of sp³-hybridized carbons (Fsp3) is 0.938. The van der Waals surface area contributed by atoms with Crippen molar-refractivity contribution in [1.82, 2.24) is 10.6 Å². The standard InChI is InChI=1S/C16H30N2O/c1-13-6-5-7-14(12-13)9-11-18-16(19)15-8-3-2-4-10-17-15/h13-15,17H,2-12H2,1H3,(H,18,19). The summed E-state index contributed by atoms with van der Waals surface area (Å²) < 4.78 is 0. The molecule has 2 rings (SSSR count). The van der Waals surface area contributed by atoms with Gasteiger partial charge < -0.3 is 10.6 Å². The van der Waals surface area contributed by atoms with E-state index in [1.165, 1.54) is 51.4 Å². The van der Waals surface area contributed by atoms with Gasteiger partial charge in [0.05, 0.1) is 6.04 Å². The molecule has 0 bridgehead atoms. The van der Waals surface area contributed by atoms with E-state index in [-0.39, 0.29) is 11.9 Å². The van der Waals surface area contributed by atoms with Crippen molar-refractivity contribution in [2.75, 3.05) is 13.1 Å². The van der Waals surface area contributed by atoms with Gasteiger partial charge in [-0.15, -0.1) is 0 Å². The largest absolute Gasteiger partial charge is 0.355 e. The number of hydrogen-bond acceptors (Lipinski definition) is 2. The Labute approximate surface area is 117 Å². The number of amides is 1. The summed E-state index contributed by atoms with van der Waals surface area (Å²) in [6.45, 7) is 4.23. The third-order valence-electron chi connectivity index (χ3n) is 4.77. The van der Waals surface area contributed by atoms with Crippen LogP contribution in [0.4, 0.5) is 0 Å². The van der Waals surface area contributed by atoms with Crippen LogP contribution in [0.3, 0.4) is 0 Å². The van der Waals surface area contributed by atoms with Gasteiger partial charge in [0.25, 0.3) is 0 Å². The minimum absolute atomic E-state index is 0.0628. The van der Waals surface area contributed by atoms with E-state index in [0.29, 0.717) is 0 Å². The molecule has 3 unspecified atom stereocenters. The molecule has 1 amide bonds. The minimum Gasteiger partial charge on any atom is -0.355 e. The van der Waals surface area contributed by atoms with Gasteiger partial charge in [0.15, 0.2) is 0 Å². The highest BCUT2D eigenvalue weighted by atomic mass is 16.2. The maximum atomic E-state index is 12.1. The third kappa shape index (κ3) is 5.13. The smallest absolute Gasteiger partial charge is 0.237 e. The molecule has 1 aliphatic carbocycles. The molecular weight excluding hydrogens is 236 g/mol. The van der Waals surface area contributed by atoms with Crippen LogP contribution in [0, 0.1) is 11.8 Å². The number of hydrogen-bond donors (Lipinski definition) is 2. The Kier molecular flexibility index (Phi) is 6.15. The fourth-order valence-corrected chi connectivity index (χ4v) is 3.60. The second-order valence-corrected chi connectivity index (χ2v) is 6.57. The lowest BCUT2D eigenvalue weighted by Gasteiger charge is -2.27. The molecule has 3 heteroatoms. The second kappa shape index (κ2) is 7.88. The topological polar surface area (TPSA) is 41.1 Å². The second-order valence-electron chi connectivity index (χ2n) is 6.57. The zero-order valence-electron chi connectivity index (χ0n) is 12.4. The van der Waals surface area contributed by atoms with Crippen LogP contribution in [0.25, 0.3) is 0 Å². The van der Waals surface area contributed by atoms with Gasteiger partial charge in [-0.25, -0.2) is 0 Å². The van der Waals surface area contributed by atoms with Crippen molar-refractivity contribution >= 4 is 5.91 Å². The van der Waals surface area contributed by atoms with Crippen molar-refractivity contribution in [3.63, 3.8) is 0 Å². The molecule has 2 aliphatic rings. The van der Waals surface area contributed by atoms with Gasteiger partial charge in [-0.3, -0.25) is 4.79 Å². The highest BCUT2D eigenvalue weighted by Gasteiger charge is 2.21. The zero-order valence-corrected chi connectivity index (χ0v) is 12.4. The van der Waals surface area contributed by atoms with Crippen LogP contribution >= 0.6 is 0 Å². The van der Waals surface area contributed by atoms with Crippen molar-refractivity contribution in [3.05, 3.63) is 0 Å². The van der Waals surface area contributed by atoms with Crippen LogP contribution in [-0.2, 0) is 4.79 Å². The molecule has 2 fully saturated rings. The van der Waals surface area contributed by atoms with Gasteiger partial charge >= 0.3 is 0 Å². The number of carbonyl (C=O) groups is 1. The Balaban J connectivity index is 1.62. The van der Waals surface area contributed by atoms with Gasteiger partial charge in [-0.1, -0.05) is 39.0 Å². The van der Waals surface area contributed by atoms with E-state index >= 15 is 0 Å². The summed E-state index contributed by atoms with van der Waals surface area (Å²) in [5.74, 6) is 1.95. The molecule has 110 valence electrons. The van der Waals surface area contributed by atoms with Crippen molar-refractivity contribution in [2.45, 2.75) is 70.8 Å². The van der Waals surface area contributed by atoms with Gasteiger partial charge in [0, 0.05) is 6.54 Å². The quantitative estimate of drug-likeness (QED) is 0.821. The van der Waals surface area contributed by atoms with E-state index in [4.69, 9.17) is 0 Å². The van der Waals surface area contributed by atoms with Crippen molar-refractivity contribution < 1.29 is 4.79 Å². The molecule has 3 atom stereocenters. The van der Waals surface area contributed by atoms with E-state index in [2.05, 4.69) is 17.6 Å². The fourth-order valence-electron chi connectivity index (χ4n) is 3.60. The average Bonchev–Trinajstić information content (AvgIpc) is 2.67. The van der Waals surface area contributed by atoms with Crippen molar-refractivity contribution in [3.8, 4) is 0 Å². The summed E-state index contributed by atoms with van der Waals surface area (Å²) in [5.41, 5.74) is 0. The predicted molar refractivity (Wildman–Crippen MR) is 79.0 cm³/mol. The lowest BCUT2D eigenvalue weighted by atomic mass is 9.81. The Hall–Kier alpha value is -0.570. The summed E-state index contributed by atoms with van der Waals surface area (Å²) in [6, 6.07) is 0.0628. The molecule has 0 aromatic rings. The van der Waals surface area contributed by atoms with Crippen LogP contribution in [0.15, 0.2) is 0 Å². The highest BCUT2D eigenvalue weighted by Crippen LogP contribution is 2.30. The maximum Gasteiger partial charge on any atom is 0.237 e. The molecule has 1 aliphatic heterocycles. The number of rotatable bonds is 4. The first-order chi connectivity index (χ1) is 9.25. The molecule has 2 N–H and O–H groups in total. The normalized spacial score (nSPS) is 32.6. The van der Waals surface area contributed by atoms with Crippen LogP contribution in [0.1, 0.15) is 64.7 Å². The van der Waals surface area contributed by atoms with Gasteiger partial charge in [-0.2, -0.15) is 0 Å². The highest BCUT2D eigenvalue weighted by molar-refractivity contribution is 5.81. The van der Waals surface area contributed by atoms with E-state index in [9.17, 15) is 4.79 Å². The van der Waals surface area contributed by atoms with E-state index in [1.54, 1.807) is 0 Å². The Morgan fingerprint density at radius 2 is 2.05 bits per heavy atom. The first-order valence-corrected chi connectivity index (χ1v) is 8.27. The molecule has 0 aromatic heterocycles. The summed E-state index contributed by atoms with van der Waals surface area (Å²) in [6.07, 6.45) is 11.3. The molecule has 0 spiro atoms. The van der Waals surface area contributed by atoms with Crippen LogP contribution in [-0.4, -0.2) is 25.0 Å². The summed E-state index contributed by atoms with van der Waals surface area (Å²) in [4.78, 5) is 12.1. The monoisotopic (exact) mass is 266 g/mol. The maximum absolute atomic E-state index is 12.1. The number of nitrogens with one attached hydrogen (secondary N) is 2.